The summed E-state index contributed by atoms with van der Waals surface area (Å²) < 4.78 is 38.4. The average Bonchev–Trinajstić information content (AvgIpc) is 2.48. The van der Waals surface area contributed by atoms with Crippen molar-refractivity contribution in [2.75, 3.05) is 10.6 Å². The maximum Gasteiger partial charge on any atom is 0.417 e. The van der Waals surface area contributed by atoms with Gasteiger partial charge in [-0.1, -0.05) is 36.7 Å². The Morgan fingerprint density at radius 3 is 2.48 bits per heavy atom. The van der Waals surface area contributed by atoms with Crippen LogP contribution in [-0.2, 0) is 12.6 Å². The smallest absolute Gasteiger partial charge is 0.308 e. The first-order valence-electron chi connectivity index (χ1n) is 6.84. The molecule has 0 spiro atoms. The summed E-state index contributed by atoms with van der Waals surface area (Å²) >= 11 is 5.54. The number of anilines is 2. The predicted molar refractivity (Wildman–Crippen MR) is 84.9 cm³/mol. The lowest BCUT2D eigenvalue weighted by molar-refractivity contribution is -0.137. The molecule has 0 saturated heterocycles. The average molecular weight is 343 g/mol. The first-order valence-corrected chi connectivity index (χ1v) is 7.21. The molecule has 122 valence electrons. The molecule has 3 nitrogen and oxygen atoms in total. The van der Waals surface area contributed by atoms with E-state index >= 15 is 0 Å². The normalized spacial score (nSPS) is 11.2. The number of benzene rings is 2. The van der Waals surface area contributed by atoms with E-state index in [1.54, 1.807) is 12.1 Å². The number of hydrogen-bond acceptors (Lipinski definition) is 1. The van der Waals surface area contributed by atoms with Crippen LogP contribution in [0.15, 0.2) is 42.5 Å². The second-order valence-electron chi connectivity index (χ2n) is 4.78. The highest BCUT2D eigenvalue weighted by atomic mass is 35.5. The molecule has 0 bridgehead atoms. The number of carbonyl (C=O) groups is 1. The van der Waals surface area contributed by atoms with Crippen molar-refractivity contribution in [1.82, 2.24) is 0 Å². The fourth-order valence-electron chi connectivity index (χ4n) is 2.06. The number of nitrogens with one attached hydrogen (secondary N) is 2. The number of para-hydroxylation sites is 1. The lowest BCUT2D eigenvalue weighted by atomic mass is 10.1. The molecule has 0 unspecified atom stereocenters. The highest BCUT2D eigenvalue weighted by Gasteiger charge is 2.33. The Bertz CT molecular complexity index is 717. The SMILES string of the molecule is CCc1ccccc1NC(=O)Nc1ccc(Cl)c(C(F)(F)F)c1. The van der Waals surface area contributed by atoms with E-state index in [9.17, 15) is 18.0 Å². The first kappa shape index (κ1) is 17.1. The number of rotatable bonds is 3. The summed E-state index contributed by atoms with van der Waals surface area (Å²) in [6, 6.07) is 9.77. The van der Waals surface area contributed by atoms with Crippen LogP contribution in [0.3, 0.4) is 0 Å². The Morgan fingerprint density at radius 1 is 1.13 bits per heavy atom. The molecular formula is C16H14ClF3N2O. The Balaban J connectivity index is 2.15. The number of hydrogen-bond donors (Lipinski definition) is 2. The molecule has 23 heavy (non-hydrogen) atoms. The van der Waals surface area contributed by atoms with Crippen molar-refractivity contribution in [2.24, 2.45) is 0 Å². The molecule has 0 radical (unpaired) electrons. The van der Waals surface area contributed by atoms with Gasteiger partial charge in [0.1, 0.15) is 0 Å². The van der Waals surface area contributed by atoms with Crippen LogP contribution < -0.4 is 10.6 Å². The van der Waals surface area contributed by atoms with E-state index in [4.69, 9.17) is 11.6 Å². The maximum absolute atomic E-state index is 12.8. The third-order valence-electron chi connectivity index (χ3n) is 3.18. The van der Waals surface area contributed by atoms with E-state index in [2.05, 4.69) is 10.6 Å². The first-order chi connectivity index (χ1) is 10.8. The largest absolute Gasteiger partial charge is 0.417 e. The molecule has 0 aliphatic carbocycles. The molecule has 0 atom stereocenters. The molecule has 2 N–H and O–H groups in total. The Morgan fingerprint density at radius 2 is 1.83 bits per heavy atom. The van der Waals surface area contributed by atoms with Gasteiger partial charge in [0, 0.05) is 11.4 Å². The Hall–Kier alpha value is -2.21. The zero-order valence-electron chi connectivity index (χ0n) is 12.2. The summed E-state index contributed by atoms with van der Waals surface area (Å²) in [4.78, 5) is 12.0. The van der Waals surface area contributed by atoms with E-state index < -0.39 is 22.8 Å². The zero-order chi connectivity index (χ0) is 17.0. The second-order valence-corrected chi connectivity index (χ2v) is 5.19. The van der Waals surface area contributed by atoms with Crippen molar-refractivity contribution in [2.45, 2.75) is 19.5 Å². The van der Waals surface area contributed by atoms with Gasteiger partial charge in [0.25, 0.3) is 0 Å². The summed E-state index contributed by atoms with van der Waals surface area (Å²) in [7, 11) is 0. The minimum Gasteiger partial charge on any atom is -0.308 e. The zero-order valence-corrected chi connectivity index (χ0v) is 12.9. The monoisotopic (exact) mass is 342 g/mol. The van der Waals surface area contributed by atoms with Gasteiger partial charge < -0.3 is 10.6 Å². The van der Waals surface area contributed by atoms with Crippen molar-refractivity contribution in [3.05, 3.63) is 58.6 Å². The predicted octanol–water partition coefficient (Wildman–Crippen LogP) is 5.57. The third-order valence-corrected chi connectivity index (χ3v) is 3.51. The van der Waals surface area contributed by atoms with Crippen LogP contribution in [0.1, 0.15) is 18.1 Å². The number of aryl methyl sites for hydroxylation is 1. The molecule has 0 saturated carbocycles. The number of halogens is 4. The Kier molecular flexibility index (Phi) is 5.15. The fourth-order valence-corrected chi connectivity index (χ4v) is 2.28. The standard InChI is InChI=1S/C16H14ClF3N2O/c1-2-10-5-3-4-6-14(10)22-15(23)21-11-7-8-13(17)12(9-11)16(18,19)20/h3-9H,2H2,1H3,(H2,21,22,23). The van der Waals surface area contributed by atoms with Gasteiger partial charge in [-0.2, -0.15) is 13.2 Å². The maximum atomic E-state index is 12.8. The fraction of sp³-hybridized carbons (Fsp3) is 0.188. The molecular weight excluding hydrogens is 329 g/mol. The minimum atomic E-state index is -4.58. The van der Waals surface area contributed by atoms with Crippen LogP contribution in [0.5, 0.6) is 0 Å². The van der Waals surface area contributed by atoms with Gasteiger partial charge in [-0.25, -0.2) is 4.79 Å². The van der Waals surface area contributed by atoms with Crippen LogP contribution in [0.2, 0.25) is 5.02 Å². The van der Waals surface area contributed by atoms with Crippen LogP contribution in [0.25, 0.3) is 0 Å². The quantitative estimate of drug-likeness (QED) is 0.752. The van der Waals surface area contributed by atoms with Gasteiger partial charge in [0.2, 0.25) is 0 Å². The summed E-state index contributed by atoms with van der Waals surface area (Å²) in [5.41, 5.74) is 0.548. The Labute approximate surface area is 136 Å². The lowest BCUT2D eigenvalue weighted by Crippen LogP contribution is -2.20. The summed E-state index contributed by atoms with van der Waals surface area (Å²) in [6.07, 6.45) is -3.87. The highest BCUT2D eigenvalue weighted by molar-refractivity contribution is 6.31. The third kappa shape index (κ3) is 4.39. The molecule has 2 aromatic carbocycles. The van der Waals surface area contributed by atoms with Gasteiger partial charge in [0.15, 0.2) is 0 Å². The number of carbonyl (C=O) groups excluding carboxylic acids is 1. The molecule has 2 rings (SSSR count). The van der Waals surface area contributed by atoms with Crippen molar-refractivity contribution in [3.63, 3.8) is 0 Å². The van der Waals surface area contributed by atoms with Crippen molar-refractivity contribution in [3.8, 4) is 0 Å². The number of urea groups is 1. The molecule has 0 heterocycles. The van der Waals surface area contributed by atoms with Gasteiger partial charge in [0.05, 0.1) is 10.6 Å². The van der Waals surface area contributed by atoms with Crippen LogP contribution in [0, 0.1) is 0 Å². The van der Waals surface area contributed by atoms with E-state index in [0.29, 0.717) is 5.69 Å². The molecule has 0 aliphatic heterocycles. The summed E-state index contributed by atoms with van der Waals surface area (Å²) in [5.74, 6) is 0. The number of amides is 2. The molecule has 0 aliphatic rings. The van der Waals surface area contributed by atoms with E-state index in [1.165, 1.54) is 6.07 Å². The lowest BCUT2D eigenvalue weighted by Gasteiger charge is -2.13. The van der Waals surface area contributed by atoms with E-state index in [-0.39, 0.29) is 5.69 Å². The van der Waals surface area contributed by atoms with Crippen molar-refractivity contribution in [1.29, 1.82) is 0 Å². The van der Waals surface area contributed by atoms with Crippen LogP contribution in [-0.4, -0.2) is 6.03 Å². The van der Waals surface area contributed by atoms with Gasteiger partial charge in [-0.05, 0) is 36.2 Å². The van der Waals surface area contributed by atoms with E-state index in [1.807, 2.05) is 19.1 Å². The summed E-state index contributed by atoms with van der Waals surface area (Å²) in [6.45, 7) is 1.94. The van der Waals surface area contributed by atoms with Crippen LogP contribution in [0.4, 0.5) is 29.3 Å². The molecule has 0 aromatic heterocycles. The van der Waals surface area contributed by atoms with E-state index in [0.717, 1.165) is 24.1 Å². The molecule has 0 fully saturated rings. The van der Waals surface area contributed by atoms with Crippen molar-refractivity contribution >= 4 is 29.0 Å². The topological polar surface area (TPSA) is 41.1 Å². The van der Waals surface area contributed by atoms with Gasteiger partial charge in [-0.3, -0.25) is 0 Å². The van der Waals surface area contributed by atoms with Crippen LogP contribution >= 0.6 is 11.6 Å². The molecule has 2 aromatic rings. The summed E-state index contributed by atoms with van der Waals surface area (Å²) in [5, 5.41) is 4.57. The van der Waals surface area contributed by atoms with Gasteiger partial charge >= 0.3 is 12.2 Å². The molecule has 2 amide bonds. The second kappa shape index (κ2) is 6.91. The molecule has 7 heteroatoms. The van der Waals surface area contributed by atoms with Gasteiger partial charge in [-0.15, -0.1) is 0 Å². The highest BCUT2D eigenvalue weighted by Crippen LogP contribution is 2.36. The number of alkyl halides is 3. The minimum absolute atomic E-state index is 0.00760. The van der Waals surface area contributed by atoms with Crippen molar-refractivity contribution < 1.29 is 18.0 Å².